The van der Waals surface area contributed by atoms with Crippen LogP contribution >= 0.6 is 23.1 Å². The van der Waals surface area contributed by atoms with Gasteiger partial charge in [-0.15, -0.1) is 11.8 Å². The van der Waals surface area contributed by atoms with Gasteiger partial charge < -0.3 is 4.74 Å². The number of thioether (sulfide) groups is 1. The molecule has 6 heteroatoms. The Morgan fingerprint density at radius 3 is 2.87 bits per heavy atom. The van der Waals surface area contributed by atoms with Crippen LogP contribution in [0.4, 0.5) is 5.13 Å². The summed E-state index contributed by atoms with van der Waals surface area (Å²) in [6, 6.07) is 11.4. The fourth-order valence-electron chi connectivity index (χ4n) is 2.26. The SMILES string of the molecule is COc1ccc(C)c2sc(NC(=O)c3cccc(SC)c3)nc12. The van der Waals surface area contributed by atoms with Crippen molar-refractivity contribution in [3.63, 3.8) is 0 Å². The van der Waals surface area contributed by atoms with Gasteiger partial charge in [0, 0.05) is 10.5 Å². The van der Waals surface area contributed by atoms with E-state index in [9.17, 15) is 4.79 Å². The molecule has 0 saturated carbocycles. The minimum absolute atomic E-state index is 0.156. The molecule has 0 unspecified atom stereocenters. The Morgan fingerprint density at radius 1 is 1.30 bits per heavy atom. The minimum Gasteiger partial charge on any atom is -0.494 e. The van der Waals surface area contributed by atoms with Crippen LogP contribution in [0.3, 0.4) is 0 Å². The van der Waals surface area contributed by atoms with Crippen molar-refractivity contribution in [3.05, 3.63) is 47.5 Å². The first-order valence-electron chi connectivity index (χ1n) is 7.02. The highest BCUT2D eigenvalue weighted by molar-refractivity contribution is 7.98. The monoisotopic (exact) mass is 344 g/mol. The zero-order valence-corrected chi connectivity index (χ0v) is 14.7. The fraction of sp³-hybridized carbons (Fsp3) is 0.176. The van der Waals surface area contributed by atoms with Crippen LogP contribution in [-0.4, -0.2) is 24.3 Å². The molecule has 0 spiro atoms. The summed E-state index contributed by atoms with van der Waals surface area (Å²) in [5.41, 5.74) is 2.52. The van der Waals surface area contributed by atoms with Gasteiger partial charge in [-0.1, -0.05) is 23.5 Å². The number of nitrogens with one attached hydrogen (secondary N) is 1. The molecule has 1 N–H and O–H groups in total. The third-order valence-corrected chi connectivity index (χ3v) is 5.31. The molecule has 1 amide bonds. The number of carbonyl (C=O) groups excluding carboxylic acids is 1. The van der Waals surface area contributed by atoms with E-state index >= 15 is 0 Å². The molecule has 0 fully saturated rings. The second-order valence-electron chi connectivity index (χ2n) is 4.97. The Hall–Kier alpha value is -2.05. The van der Waals surface area contributed by atoms with Crippen molar-refractivity contribution in [1.29, 1.82) is 0 Å². The third kappa shape index (κ3) is 3.18. The quantitative estimate of drug-likeness (QED) is 0.704. The molecule has 0 saturated heterocycles. The molecule has 2 aromatic carbocycles. The standard InChI is InChI=1S/C17H16N2O2S2/c1-10-7-8-13(21-2)14-15(10)23-17(18-14)19-16(20)11-5-4-6-12(9-11)22-3/h4-9H,1-3H3,(H,18,19,20). The fourth-order valence-corrected chi connectivity index (χ4v) is 3.67. The molecule has 0 aliphatic rings. The normalized spacial score (nSPS) is 10.7. The summed E-state index contributed by atoms with van der Waals surface area (Å²) in [6.07, 6.45) is 1.99. The third-order valence-electron chi connectivity index (χ3n) is 3.48. The van der Waals surface area contributed by atoms with Crippen LogP contribution in [-0.2, 0) is 0 Å². The van der Waals surface area contributed by atoms with Crippen molar-refractivity contribution in [1.82, 2.24) is 4.98 Å². The van der Waals surface area contributed by atoms with Crippen LogP contribution in [0.25, 0.3) is 10.2 Å². The Kier molecular flexibility index (Phi) is 4.54. The molecule has 0 bridgehead atoms. The first kappa shape index (κ1) is 15.8. The van der Waals surface area contributed by atoms with Gasteiger partial charge in [-0.3, -0.25) is 10.1 Å². The molecule has 3 rings (SSSR count). The number of amides is 1. The van der Waals surface area contributed by atoms with Crippen LogP contribution in [0.1, 0.15) is 15.9 Å². The molecule has 0 radical (unpaired) electrons. The Bertz CT molecular complexity index is 874. The molecule has 0 aliphatic carbocycles. The van der Waals surface area contributed by atoms with E-state index in [1.54, 1.807) is 24.9 Å². The number of ether oxygens (including phenoxy) is 1. The molecule has 0 aliphatic heterocycles. The number of thiazole rings is 1. The molecule has 0 atom stereocenters. The molecule has 1 heterocycles. The smallest absolute Gasteiger partial charge is 0.257 e. The lowest BCUT2D eigenvalue weighted by Crippen LogP contribution is -2.11. The van der Waals surface area contributed by atoms with Crippen molar-refractivity contribution in [3.8, 4) is 5.75 Å². The van der Waals surface area contributed by atoms with Crippen LogP contribution in [0, 0.1) is 6.92 Å². The van der Waals surface area contributed by atoms with Crippen molar-refractivity contribution < 1.29 is 9.53 Å². The number of benzene rings is 2. The minimum atomic E-state index is -0.156. The predicted molar refractivity (Wildman–Crippen MR) is 97.1 cm³/mol. The second kappa shape index (κ2) is 6.60. The number of anilines is 1. The van der Waals surface area contributed by atoms with E-state index in [1.807, 2.05) is 43.5 Å². The van der Waals surface area contributed by atoms with E-state index in [2.05, 4.69) is 10.3 Å². The number of carbonyl (C=O) groups is 1. The lowest BCUT2D eigenvalue weighted by molar-refractivity contribution is 0.102. The zero-order chi connectivity index (χ0) is 16.4. The van der Waals surface area contributed by atoms with E-state index in [-0.39, 0.29) is 5.91 Å². The molecule has 1 aromatic heterocycles. The van der Waals surface area contributed by atoms with E-state index in [0.29, 0.717) is 16.4 Å². The summed E-state index contributed by atoms with van der Waals surface area (Å²) in [4.78, 5) is 18.0. The molecule has 4 nitrogen and oxygen atoms in total. The summed E-state index contributed by atoms with van der Waals surface area (Å²) in [5, 5.41) is 3.46. The highest BCUT2D eigenvalue weighted by atomic mass is 32.2. The van der Waals surface area contributed by atoms with Gasteiger partial charge in [-0.25, -0.2) is 4.98 Å². The highest BCUT2D eigenvalue weighted by Crippen LogP contribution is 2.34. The topological polar surface area (TPSA) is 51.2 Å². The molecule has 3 aromatic rings. The van der Waals surface area contributed by atoms with Gasteiger partial charge in [0.2, 0.25) is 0 Å². The number of aryl methyl sites for hydroxylation is 1. The van der Waals surface area contributed by atoms with Gasteiger partial charge in [0.25, 0.3) is 5.91 Å². The number of methoxy groups -OCH3 is 1. The van der Waals surface area contributed by atoms with Crippen LogP contribution in [0.2, 0.25) is 0 Å². The molecular formula is C17H16N2O2S2. The molecule has 118 valence electrons. The van der Waals surface area contributed by atoms with Gasteiger partial charge in [0.1, 0.15) is 11.3 Å². The van der Waals surface area contributed by atoms with Crippen LogP contribution in [0.5, 0.6) is 5.75 Å². The average molecular weight is 344 g/mol. The molecular weight excluding hydrogens is 328 g/mol. The number of fused-ring (bicyclic) bond motifs is 1. The van der Waals surface area contributed by atoms with Crippen molar-refractivity contribution in [2.75, 3.05) is 18.7 Å². The maximum atomic E-state index is 12.4. The summed E-state index contributed by atoms with van der Waals surface area (Å²) in [5.74, 6) is 0.559. The van der Waals surface area contributed by atoms with Crippen LogP contribution in [0.15, 0.2) is 41.3 Å². The van der Waals surface area contributed by atoms with E-state index in [1.165, 1.54) is 11.3 Å². The van der Waals surface area contributed by atoms with E-state index < -0.39 is 0 Å². The van der Waals surface area contributed by atoms with Gasteiger partial charge in [0.05, 0.1) is 11.8 Å². The highest BCUT2D eigenvalue weighted by Gasteiger charge is 2.14. The predicted octanol–water partition coefficient (Wildman–Crippen LogP) is 4.59. The van der Waals surface area contributed by atoms with E-state index in [4.69, 9.17) is 4.74 Å². The average Bonchev–Trinajstić information content (AvgIpc) is 3.00. The lowest BCUT2D eigenvalue weighted by Gasteiger charge is -2.03. The lowest BCUT2D eigenvalue weighted by atomic mass is 10.2. The van der Waals surface area contributed by atoms with Crippen molar-refractivity contribution >= 4 is 44.4 Å². The summed E-state index contributed by atoms with van der Waals surface area (Å²) < 4.78 is 6.37. The second-order valence-corrected chi connectivity index (χ2v) is 6.85. The Balaban J connectivity index is 1.92. The largest absolute Gasteiger partial charge is 0.494 e. The number of nitrogens with zero attached hydrogens (tertiary/aromatic N) is 1. The number of hydrogen-bond donors (Lipinski definition) is 1. The van der Waals surface area contributed by atoms with Gasteiger partial charge >= 0.3 is 0 Å². The first-order chi connectivity index (χ1) is 11.1. The number of rotatable bonds is 4. The number of hydrogen-bond acceptors (Lipinski definition) is 5. The van der Waals surface area contributed by atoms with Gasteiger partial charge in [-0.05, 0) is 43.0 Å². The van der Waals surface area contributed by atoms with Gasteiger partial charge in [-0.2, -0.15) is 0 Å². The first-order valence-corrected chi connectivity index (χ1v) is 9.06. The van der Waals surface area contributed by atoms with Crippen molar-refractivity contribution in [2.24, 2.45) is 0 Å². The van der Waals surface area contributed by atoms with E-state index in [0.717, 1.165) is 20.7 Å². The summed E-state index contributed by atoms with van der Waals surface area (Å²) >= 11 is 3.07. The van der Waals surface area contributed by atoms with Crippen LogP contribution < -0.4 is 10.1 Å². The van der Waals surface area contributed by atoms with Gasteiger partial charge in [0.15, 0.2) is 5.13 Å². The maximum absolute atomic E-state index is 12.4. The molecule has 23 heavy (non-hydrogen) atoms. The maximum Gasteiger partial charge on any atom is 0.257 e. The zero-order valence-electron chi connectivity index (χ0n) is 13.0. The summed E-state index contributed by atoms with van der Waals surface area (Å²) in [7, 11) is 1.62. The summed E-state index contributed by atoms with van der Waals surface area (Å²) in [6.45, 7) is 2.02. The number of aromatic nitrogens is 1. The Labute approximate surface area is 142 Å². The van der Waals surface area contributed by atoms with Crippen molar-refractivity contribution in [2.45, 2.75) is 11.8 Å². The Morgan fingerprint density at radius 2 is 2.13 bits per heavy atom.